The van der Waals surface area contributed by atoms with Gasteiger partial charge < -0.3 is 4.90 Å². The molecule has 1 amide bonds. The number of nitrogens with zero attached hydrogens (tertiary/aromatic N) is 3. The van der Waals surface area contributed by atoms with Crippen molar-refractivity contribution < 1.29 is 4.79 Å². The van der Waals surface area contributed by atoms with Crippen molar-refractivity contribution in [2.45, 2.75) is 40.2 Å². The van der Waals surface area contributed by atoms with E-state index in [1.807, 2.05) is 52.0 Å². The Morgan fingerprint density at radius 2 is 1.92 bits per heavy atom. The molecule has 0 spiro atoms. The van der Waals surface area contributed by atoms with E-state index in [1.54, 1.807) is 16.2 Å². The van der Waals surface area contributed by atoms with E-state index in [0.29, 0.717) is 24.9 Å². The van der Waals surface area contributed by atoms with Gasteiger partial charge in [0.05, 0.1) is 15.8 Å². The molecule has 1 aromatic carbocycles. The van der Waals surface area contributed by atoms with Gasteiger partial charge in [-0.05, 0) is 33.3 Å². The summed E-state index contributed by atoms with van der Waals surface area (Å²) in [6.45, 7) is 8.98. The molecule has 3 rings (SSSR count). The average Bonchev–Trinajstić information content (AvgIpc) is 3.01. The third kappa shape index (κ3) is 2.84. The molecule has 0 saturated heterocycles. The molecule has 0 radical (unpaired) electrons. The summed E-state index contributed by atoms with van der Waals surface area (Å²) >= 11 is 1.58. The number of carbonyl (C=O) groups is 1. The van der Waals surface area contributed by atoms with Crippen LogP contribution < -0.4 is 5.56 Å². The Morgan fingerprint density at radius 3 is 2.56 bits per heavy atom. The number of amides is 1. The van der Waals surface area contributed by atoms with Crippen LogP contribution in [0.3, 0.4) is 0 Å². The van der Waals surface area contributed by atoms with Gasteiger partial charge in [-0.15, -0.1) is 11.3 Å². The number of rotatable bonds is 5. The molecule has 0 N–H and O–H groups in total. The average molecular weight is 357 g/mol. The largest absolute Gasteiger partial charge is 0.341 e. The van der Waals surface area contributed by atoms with E-state index in [-0.39, 0.29) is 11.5 Å². The number of thiophene rings is 1. The summed E-state index contributed by atoms with van der Waals surface area (Å²) in [6.07, 6.45) is 0.537. The van der Waals surface area contributed by atoms with Gasteiger partial charge in [0.2, 0.25) is 5.91 Å². The number of aryl methyl sites for hydroxylation is 1. The highest BCUT2D eigenvalue weighted by Crippen LogP contribution is 2.33. The molecule has 1 unspecified atom stereocenters. The maximum atomic E-state index is 13.2. The van der Waals surface area contributed by atoms with Crippen molar-refractivity contribution in [3.8, 4) is 0 Å². The summed E-state index contributed by atoms with van der Waals surface area (Å²) in [6, 6.07) is 7.33. The molecule has 2 aromatic heterocycles. The zero-order valence-corrected chi connectivity index (χ0v) is 15.9. The normalized spacial score (nSPS) is 12.6. The van der Waals surface area contributed by atoms with Crippen LogP contribution >= 0.6 is 11.3 Å². The first-order chi connectivity index (χ1) is 12.0. The van der Waals surface area contributed by atoms with Crippen LogP contribution in [0.25, 0.3) is 20.2 Å². The van der Waals surface area contributed by atoms with Crippen molar-refractivity contribution in [1.29, 1.82) is 0 Å². The Kier molecular flexibility index (Phi) is 4.90. The number of hydrogen-bond donors (Lipinski definition) is 0. The molecule has 5 nitrogen and oxygen atoms in total. The number of likely N-dealkylation sites (N-methyl/N-ethyl adjacent to an activating group) is 1. The van der Waals surface area contributed by atoms with Gasteiger partial charge in [-0.2, -0.15) is 5.10 Å². The van der Waals surface area contributed by atoms with Gasteiger partial charge in [0.1, 0.15) is 6.04 Å². The predicted octanol–water partition coefficient (Wildman–Crippen LogP) is 3.74. The Hall–Kier alpha value is -2.21. The van der Waals surface area contributed by atoms with E-state index in [0.717, 1.165) is 20.5 Å². The van der Waals surface area contributed by atoms with Crippen LogP contribution in [-0.2, 0) is 4.79 Å². The molecule has 0 aliphatic rings. The van der Waals surface area contributed by atoms with Gasteiger partial charge in [0, 0.05) is 23.2 Å². The van der Waals surface area contributed by atoms with E-state index in [4.69, 9.17) is 0 Å². The van der Waals surface area contributed by atoms with Crippen LogP contribution in [0.5, 0.6) is 0 Å². The summed E-state index contributed by atoms with van der Waals surface area (Å²) in [5.41, 5.74) is 0.618. The highest BCUT2D eigenvalue weighted by Gasteiger charge is 2.26. The van der Waals surface area contributed by atoms with Gasteiger partial charge in [-0.3, -0.25) is 9.59 Å². The molecule has 0 saturated carbocycles. The van der Waals surface area contributed by atoms with E-state index in [2.05, 4.69) is 5.10 Å². The lowest BCUT2D eigenvalue weighted by Gasteiger charge is -2.25. The first kappa shape index (κ1) is 17.6. The minimum Gasteiger partial charge on any atom is -0.341 e. The first-order valence-corrected chi connectivity index (χ1v) is 9.54. The van der Waals surface area contributed by atoms with Crippen molar-refractivity contribution in [2.24, 2.45) is 0 Å². The molecule has 0 aliphatic heterocycles. The van der Waals surface area contributed by atoms with E-state index in [1.165, 1.54) is 4.68 Å². The Balaban J connectivity index is 2.25. The molecule has 2 heterocycles. The third-order valence-electron chi connectivity index (χ3n) is 4.65. The van der Waals surface area contributed by atoms with Crippen LogP contribution in [0.1, 0.15) is 38.9 Å². The van der Waals surface area contributed by atoms with Crippen LogP contribution in [0, 0.1) is 6.92 Å². The van der Waals surface area contributed by atoms with Crippen molar-refractivity contribution in [3.63, 3.8) is 0 Å². The van der Waals surface area contributed by atoms with E-state index < -0.39 is 6.04 Å². The number of carbonyl (C=O) groups excluding carboxylic acids is 1. The monoisotopic (exact) mass is 357 g/mol. The highest BCUT2D eigenvalue weighted by molar-refractivity contribution is 7.26. The summed E-state index contributed by atoms with van der Waals surface area (Å²) in [5.74, 6) is -0.0413. The van der Waals surface area contributed by atoms with Gasteiger partial charge >= 0.3 is 0 Å². The van der Waals surface area contributed by atoms with E-state index in [9.17, 15) is 9.59 Å². The number of benzene rings is 1. The van der Waals surface area contributed by atoms with Crippen LogP contribution in [0.4, 0.5) is 0 Å². The topological polar surface area (TPSA) is 55.2 Å². The Labute approximate surface area is 150 Å². The number of hydrogen-bond acceptors (Lipinski definition) is 4. The van der Waals surface area contributed by atoms with Gasteiger partial charge in [0.25, 0.3) is 5.56 Å². The predicted molar refractivity (Wildman–Crippen MR) is 103 cm³/mol. The van der Waals surface area contributed by atoms with Crippen LogP contribution in [0.2, 0.25) is 0 Å². The van der Waals surface area contributed by atoms with Gasteiger partial charge in [0.15, 0.2) is 0 Å². The second-order valence-corrected chi connectivity index (χ2v) is 7.12. The molecule has 25 heavy (non-hydrogen) atoms. The minimum atomic E-state index is -0.561. The van der Waals surface area contributed by atoms with Crippen molar-refractivity contribution >= 4 is 37.4 Å². The lowest BCUT2D eigenvalue weighted by Crippen LogP contribution is -2.41. The summed E-state index contributed by atoms with van der Waals surface area (Å²) in [4.78, 5) is 27.8. The maximum Gasteiger partial charge on any atom is 0.276 e. The van der Waals surface area contributed by atoms with Crippen molar-refractivity contribution in [3.05, 3.63) is 40.3 Å². The second kappa shape index (κ2) is 6.96. The fourth-order valence-corrected chi connectivity index (χ4v) is 4.42. The fourth-order valence-electron chi connectivity index (χ4n) is 3.29. The van der Waals surface area contributed by atoms with Gasteiger partial charge in [-0.25, -0.2) is 4.68 Å². The smallest absolute Gasteiger partial charge is 0.276 e. The van der Waals surface area contributed by atoms with Crippen LogP contribution in [-0.4, -0.2) is 33.7 Å². The molecule has 0 aliphatic carbocycles. The quantitative estimate of drug-likeness (QED) is 0.699. The zero-order valence-electron chi connectivity index (χ0n) is 15.1. The maximum absolute atomic E-state index is 13.2. The second-order valence-electron chi connectivity index (χ2n) is 6.07. The molecule has 0 fully saturated rings. The summed E-state index contributed by atoms with van der Waals surface area (Å²) < 4.78 is 3.38. The number of aromatic nitrogens is 2. The minimum absolute atomic E-state index is 0.0413. The Bertz CT molecular complexity index is 985. The SMILES string of the molecule is CCC(C(=O)N(CC)CC)n1nc(C)c2sc3ccccc3c2c1=O. The lowest BCUT2D eigenvalue weighted by atomic mass is 10.1. The fraction of sp³-hybridized carbons (Fsp3) is 0.421. The molecule has 132 valence electrons. The van der Waals surface area contributed by atoms with E-state index >= 15 is 0 Å². The molecular weight excluding hydrogens is 334 g/mol. The molecular formula is C19H23N3O2S. The summed E-state index contributed by atoms with van der Waals surface area (Å²) in [7, 11) is 0. The third-order valence-corrected chi connectivity index (χ3v) is 5.93. The zero-order chi connectivity index (χ0) is 18.1. The van der Waals surface area contributed by atoms with Crippen molar-refractivity contribution in [1.82, 2.24) is 14.7 Å². The number of fused-ring (bicyclic) bond motifs is 3. The first-order valence-electron chi connectivity index (χ1n) is 8.72. The highest BCUT2D eigenvalue weighted by atomic mass is 32.1. The standard InChI is InChI=1S/C19H23N3O2S/c1-5-14(18(23)21(6-2)7-3)22-19(24)16-13-10-8-9-11-15(13)25-17(16)12(4)20-22/h8-11,14H,5-7H2,1-4H3. The summed E-state index contributed by atoms with van der Waals surface area (Å²) in [5, 5.41) is 6.13. The van der Waals surface area contributed by atoms with Crippen LogP contribution in [0.15, 0.2) is 29.1 Å². The van der Waals surface area contributed by atoms with Crippen molar-refractivity contribution in [2.75, 3.05) is 13.1 Å². The lowest BCUT2D eigenvalue weighted by molar-refractivity contribution is -0.134. The molecule has 3 aromatic rings. The molecule has 6 heteroatoms. The Morgan fingerprint density at radius 1 is 1.24 bits per heavy atom. The molecule has 1 atom stereocenters. The molecule has 0 bridgehead atoms. The van der Waals surface area contributed by atoms with Gasteiger partial charge in [-0.1, -0.05) is 25.1 Å².